The second kappa shape index (κ2) is 8.12. The molecule has 2 aromatic heterocycles. The highest BCUT2D eigenvalue weighted by molar-refractivity contribution is 5.91. The van der Waals surface area contributed by atoms with Crippen LogP contribution in [0.15, 0.2) is 59.5 Å². The Kier molecular flexibility index (Phi) is 5.23. The Labute approximate surface area is 164 Å². The highest BCUT2D eigenvalue weighted by Gasteiger charge is 2.19. The molecule has 0 spiro atoms. The van der Waals surface area contributed by atoms with Gasteiger partial charge in [-0.05, 0) is 36.8 Å². The minimum atomic E-state index is -0.264. The van der Waals surface area contributed by atoms with E-state index in [-0.39, 0.29) is 5.91 Å². The molecule has 7 heteroatoms. The lowest BCUT2D eigenvalue weighted by molar-refractivity contribution is 0.0942. The smallest absolute Gasteiger partial charge is 0.271 e. The van der Waals surface area contributed by atoms with Crippen molar-refractivity contribution in [3.8, 4) is 0 Å². The number of piperazine rings is 1. The van der Waals surface area contributed by atoms with Gasteiger partial charge in [0.05, 0.1) is 25.2 Å². The van der Waals surface area contributed by atoms with Crippen LogP contribution in [0.2, 0.25) is 0 Å². The molecule has 0 bridgehead atoms. The van der Waals surface area contributed by atoms with Crippen LogP contribution >= 0.6 is 0 Å². The average molecular weight is 377 g/mol. The fourth-order valence-corrected chi connectivity index (χ4v) is 3.29. The molecule has 144 valence electrons. The number of hydrogen-bond donors (Lipinski definition) is 1. The van der Waals surface area contributed by atoms with Crippen molar-refractivity contribution in [2.75, 3.05) is 36.0 Å². The third-order valence-electron chi connectivity index (χ3n) is 4.84. The van der Waals surface area contributed by atoms with Crippen LogP contribution in [0.4, 0.5) is 11.5 Å². The molecule has 0 radical (unpaired) electrons. The Balaban J connectivity index is 1.32. The fourth-order valence-electron chi connectivity index (χ4n) is 3.29. The summed E-state index contributed by atoms with van der Waals surface area (Å²) in [6.07, 6.45) is 4.78. The van der Waals surface area contributed by atoms with Crippen LogP contribution in [0.5, 0.6) is 0 Å². The zero-order chi connectivity index (χ0) is 19.3. The van der Waals surface area contributed by atoms with Gasteiger partial charge in [0.15, 0.2) is 0 Å². The summed E-state index contributed by atoms with van der Waals surface area (Å²) >= 11 is 0. The number of aromatic nitrogens is 2. The number of amides is 1. The molecule has 0 atom stereocenters. The fraction of sp³-hybridized carbons (Fsp3) is 0.286. The number of carbonyl (C=O) groups excluding carboxylic acids is 1. The first-order valence-corrected chi connectivity index (χ1v) is 9.38. The number of rotatable bonds is 5. The van der Waals surface area contributed by atoms with Gasteiger partial charge in [0.25, 0.3) is 5.91 Å². The second-order valence-electron chi connectivity index (χ2n) is 6.83. The number of hydrogen-bond acceptors (Lipinski definition) is 6. The summed E-state index contributed by atoms with van der Waals surface area (Å²) in [6.45, 7) is 6.03. The van der Waals surface area contributed by atoms with Crippen LogP contribution in [-0.2, 0) is 6.54 Å². The molecule has 3 aromatic rings. The third kappa shape index (κ3) is 4.14. The van der Waals surface area contributed by atoms with Gasteiger partial charge < -0.3 is 19.5 Å². The molecule has 1 aromatic carbocycles. The maximum absolute atomic E-state index is 12.2. The maximum atomic E-state index is 12.2. The molecule has 3 heterocycles. The topological polar surface area (TPSA) is 74.5 Å². The predicted octanol–water partition coefficient (Wildman–Crippen LogP) is 2.63. The van der Waals surface area contributed by atoms with Crippen molar-refractivity contribution in [2.24, 2.45) is 0 Å². The highest BCUT2D eigenvalue weighted by atomic mass is 16.3. The van der Waals surface area contributed by atoms with Crippen LogP contribution in [-0.4, -0.2) is 42.1 Å². The zero-order valence-electron chi connectivity index (χ0n) is 15.8. The lowest BCUT2D eigenvalue weighted by atomic mass is 10.2. The Morgan fingerprint density at radius 1 is 1.07 bits per heavy atom. The van der Waals surface area contributed by atoms with Gasteiger partial charge in [0, 0.05) is 31.9 Å². The normalized spacial score (nSPS) is 14.2. The monoisotopic (exact) mass is 377 g/mol. The van der Waals surface area contributed by atoms with Gasteiger partial charge in [-0.3, -0.25) is 4.79 Å². The molecular formula is C21H23N5O2. The number of aryl methyl sites for hydroxylation is 1. The summed E-state index contributed by atoms with van der Waals surface area (Å²) in [5.74, 6) is 1.23. The highest BCUT2D eigenvalue weighted by Crippen LogP contribution is 2.20. The molecule has 7 nitrogen and oxygen atoms in total. The van der Waals surface area contributed by atoms with E-state index in [1.54, 1.807) is 18.5 Å². The van der Waals surface area contributed by atoms with Gasteiger partial charge in [0.1, 0.15) is 17.3 Å². The van der Waals surface area contributed by atoms with Gasteiger partial charge in [0.2, 0.25) is 0 Å². The summed E-state index contributed by atoms with van der Waals surface area (Å²) in [4.78, 5) is 25.5. The van der Waals surface area contributed by atoms with Gasteiger partial charge in [-0.2, -0.15) is 0 Å². The van der Waals surface area contributed by atoms with E-state index in [1.165, 1.54) is 17.4 Å². The Morgan fingerprint density at radius 2 is 1.89 bits per heavy atom. The Hall–Kier alpha value is -3.35. The molecule has 0 saturated carbocycles. The minimum Gasteiger partial charge on any atom is -0.467 e. The molecule has 28 heavy (non-hydrogen) atoms. The summed E-state index contributed by atoms with van der Waals surface area (Å²) in [7, 11) is 0. The van der Waals surface area contributed by atoms with Crippen molar-refractivity contribution < 1.29 is 9.21 Å². The molecule has 1 saturated heterocycles. The number of nitrogens with one attached hydrogen (secondary N) is 1. The SMILES string of the molecule is Cc1cccc(N2CCN(c3cnc(C(=O)NCc4ccco4)cn3)CC2)c1. The molecule has 1 N–H and O–H groups in total. The third-order valence-corrected chi connectivity index (χ3v) is 4.84. The first kappa shape index (κ1) is 18.0. The summed E-state index contributed by atoms with van der Waals surface area (Å²) in [5.41, 5.74) is 2.83. The van der Waals surface area contributed by atoms with Gasteiger partial charge in [-0.25, -0.2) is 9.97 Å². The van der Waals surface area contributed by atoms with Gasteiger partial charge in [-0.1, -0.05) is 12.1 Å². The molecular weight excluding hydrogens is 354 g/mol. The van der Waals surface area contributed by atoms with Crippen molar-refractivity contribution in [3.63, 3.8) is 0 Å². The molecule has 0 unspecified atom stereocenters. The van der Waals surface area contributed by atoms with Crippen molar-refractivity contribution >= 4 is 17.4 Å². The molecule has 1 aliphatic rings. The predicted molar refractivity (Wildman–Crippen MR) is 108 cm³/mol. The second-order valence-corrected chi connectivity index (χ2v) is 6.83. The number of anilines is 2. The molecule has 1 aliphatic heterocycles. The van der Waals surface area contributed by atoms with Crippen LogP contribution in [0, 0.1) is 6.92 Å². The standard InChI is InChI=1S/C21H23N5O2/c1-16-4-2-5-17(12-16)25-7-9-26(10-8-25)20-15-22-19(14-23-20)21(27)24-13-18-6-3-11-28-18/h2-6,11-12,14-15H,7-10,13H2,1H3,(H,24,27). The molecule has 1 fully saturated rings. The van der Waals surface area contributed by atoms with E-state index in [9.17, 15) is 4.79 Å². The Bertz CT molecular complexity index is 916. The Morgan fingerprint density at radius 3 is 2.57 bits per heavy atom. The maximum Gasteiger partial charge on any atom is 0.271 e. The van der Waals surface area contributed by atoms with E-state index in [1.807, 2.05) is 6.07 Å². The van der Waals surface area contributed by atoms with Crippen LogP contribution in [0.1, 0.15) is 21.8 Å². The summed E-state index contributed by atoms with van der Waals surface area (Å²) in [6, 6.07) is 12.2. The number of furan rings is 1. The number of carbonyl (C=O) groups is 1. The van der Waals surface area contributed by atoms with E-state index >= 15 is 0 Å². The lowest BCUT2D eigenvalue weighted by Gasteiger charge is -2.36. The van der Waals surface area contributed by atoms with E-state index < -0.39 is 0 Å². The zero-order valence-corrected chi connectivity index (χ0v) is 15.8. The number of benzene rings is 1. The number of nitrogens with zero attached hydrogens (tertiary/aromatic N) is 4. The van der Waals surface area contributed by atoms with Crippen molar-refractivity contribution in [1.29, 1.82) is 0 Å². The average Bonchev–Trinajstić information content (AvgIpc) is 3.26. The van der Waals surface area contributed by atoms with Crippen molar-refractivity contribution in [3.05, 3.63) is 72.1 Å². The molecule has 1 amide bonds. The van der Waals surface area contributed by atoms with E-state index in [0.29, 0.717) is 18.0 Å². The first-order valence-electron chi connectivity index (χ1n) is 9.38. The first-order chi connectivity index (χ1) is 13.7. The van der Waals surface area contributed by atoms with Crippen LogP contribution in [0.3, 0.4) is 0 Å². The van der Waals surface area contributed by atoms with Crippen LogP contribution < -0.4 is 15.1 Å². The van der Waals surface area contributed by atoms with Crippen LogP contribution in [0.25, 0.3) is 0 Å². The van der Waals surface area contributed by atoms with E-state index in [0.717, 1.165) is 32.0 Å². The quantitative estimate of drug-likeness (QED) is 0.737. The molecule has 0 aliphatic carbocycles. The van der Waals surface area contributed by atoms with Gasteiger partial charge in [-0.15, -0.1) is 0 Å². The summed E-state index contributed by atoms with van der Waals surface area (Å²) < 4.78 is 5.20. The van der Waals surface area contributed by atoms with E-state index in [2.05, 4.69) is 56.3 Å². The lowest BCUT2D eigenvalue weighted by Crippen LogP contribution is -2.46. The van der Waals surface area contributed by atoms with Crippen molar-refractivity contribution in [1.82, 2.24) is 15.3 Å². The van der Waals surface area contributed by atoms with Crippen molar-refractivity contribution in [2.45, 2.75) is 13.5 Å². The summed E-state index contributed by atoms with van der Waals surface area (Å²) in [5, 5.41) is 2.77. The van der Waals surface area contributed by atoms with E-state index in [4.69, 9.17) is 4.42 Å². The molecule has 4 rings (SSSR count). The van der Waals surface area contributed by atoms with Gasteiger partial charge >= 0.3 is 0 Å². The largest absolute Gasteiger partial charge is 0.467 e. The minimum absolute atomic E-state index is 0.264.